The summed E-state index contributed by atoms with van der Waals surface area (Å²) < 4.78 is 0. The SMILES string of the molecule is Cc1nc(SC(C)C(=O)NC(C)C)nc(C)c1C. The van der Waals surface area contributed by atoms with Gasteiger partial charge in [0.25, 0.3) is 0 Å². The molecule has 18 heavy (non-hydrogen) atoms. The first-order chi connectivity index (χ1) is 8.31. The van der Waals surface area contributed by atoms with Crippen molar-refractivity contribution >= 4 is 17.7 Å². The Bertz CT molecular complexity index is 423. The highest BCUT2D eigenvalue weighted by molar-refractivity contribution is 8.00. The number of nitrogens with one attached hydrogen (secondary N) is 1. The number of thioether (sulfide) groups is 1. The lowest BCUT2D eigenvalue weighted by Gasteiger charge is -2.14. The zero-order valence-corrected chi connectivity index (χ0v) is 12.7. The molecule has 1 atom stereocenters. The van der Waals surface area contributed by atoms with E-state index in [9.17, 15) is 4.79 Å². The maximum Gasteiger partial charge on any atom is 0.233 e. The fraction of sp³-hybridized carbons (Fsp3) is 0.615. The maximum absolute atomic E-state index is 11.8. The van der Waals surface area contributed by atoms with E-state index in [1.54, 1.807) is 0 Å². The van der Waals surface area contributed by atoms with E-state index in [1.807, 2.05) is 41.5 Å². The molecule has 1 aromatic rings. The molecule has 1 rings (SSSR count). The summed E-state index contributed by atoms with van der Waals surface area (Å²) in [5.41, 5.74) is 3.06. The predicted molar refractivity (Wildman–Crippen MR) is 74.8 cm³/mol. The van der Waals surface area contributed by atoms with Crippen LogP contribution in [0.3, 0.4) is 0 Å². The minimum absolute atomic E-state index is 0.0227. The number of hydrogen-bond donors (Lipinski definition) is 1. The van der Waals surface area contributed by atoms with E-state index in [0.29, 0.717) is 5.16 Å². The Hall–Kier alpha value is -1.10. The number of amides is 1. The van der Waals surface area contributed by atoms with Crippen molar-refractivity contribution in [3.8, 4) is 0 Å². The van der Waals surface area contributed by atoms with E-state index in [1.165, 1.54) is 11.8 Å². The average Bonchev–Trinajstić information content (AvgIpc) is 2.24. The molecule has 0 aromatic carbocycles. The Balaban J connectivity index is 2.76. The first-order valence-corrected chi connectivity index (χ1v) is 6.98. The van der Waals surface area contributed by atoms with Crippen molar-refractivity contribution in [1.82, 2.24) is 15.3 Å². The quantitative estimate of drug-likeness (QED) is 0.672. The minimum Gasteiger partial charge on any atom is -0.353 e. The Morgan fingerprint density at radius 3 is 2.06 bits per heavy atom. The number of aromatic nitrogens is 2. The summed E-state index contributed by atoms with van der Waals surface area (Å²) in [5, 5.41) is 3.37. The molecule has 1 unspecified atom stereocenters. The molecule has 1 aromatic heterocycles. The first-order valence-electron chi connectivity index (χ1n) is 6.10. The molecule has 4 nitrogen and oxygen atoms in total. The molecule has 0 aliphatic carbocycles. The number of hydrogen-bond acceptors (Lipinski definition) is 4. The van der Waals surface area contributed by atoms with Crippen molar-refractivity contribution in [2.75, 3.05) is 0 Å². The Kier molecular flexibility index (Phi) is 5.14. The molecule has 0 aliphatic rings. The molecule has 0 bridgehead atoms. The average molecular weight is 267 g/mol. The zero-order chi connectivity index (χ0) is 13.9. The second kappa shape index (κ2) is 6.18. The van der Waals surface area contributed by atoms with Gasteiger partial charge in [-0.3, -0.25) is 4.79 Å². The van der Waals surface area contributed by atoms with Crippen molar-refractivity contribution in [2.45, 2.75) is 58.0 Å². The van der Waals surface area contributed by atoms with Crippen LogP contribution < -0.4 is 5.32 Å². The van der Waals surface area contributed by atoms with Gasteiger partial charge in [0.2, 0.25) is 5.91 Å². The van der Waals surface area contributed by atoms with Crippen LogP contribution in [0.4, 0.5) is 0 Å². The maximum atomic E-state index is 11.8. The van der Waals surface area contributed by atoms with Crippen LogP contribution in [0.1, 0.15) is 37.7 Å². The van der Waals surface area contributed by atoms with Gasteiger partial charge < -0.3 is 5.32 Å². The lowest BCUT2D eigenvalue weighted by molar-refractivity contribution is -0.120. The smallest absolute Gasteiger partial charge is 0.233 e. The van der Waals surface area contributed by atoms with Gasteiger partial charge in [0, 0.05) is 17.4 Å². The molecule has 0 aliphatic heterocycles. The van der Waals surface area contributed by atoms with Crippen LogP contribution >= 0.6 is 11.8 Å². The number of nitrogens with zero attached hydrogens (tertiary/aromatic N) is 2. The van der Waals surface area contributed by atoms with E-state index < -0.39 is 0 Å². The topological polar surface area (TPSA) is 54.9 Å². The predicted octanol–water partition coefficient (Wildman–Crippen LogP) is 2.41. The van der Waals surface area contributed by atoms with Gasteiger partial charge in [0.1, 0.15) is 0 Å². The standard InChI is InChI=1S/C13H21N3OS/c1-7(2)14-12(17)11(6)18-13-15-9(4)8(3)10(5)16-13/h7,11H,1-6H3,(H,14,17). The van der Waals surface area contributed by atoms with Crippen LogP contribution in [0.2, 0.25) is 0 Å². The molecule has 0 radical (unpaired) electrons. The molecule has 1 amide bonds. The largest absolute Gasteiger partial charge is 0.353 e. The van der Waals surface area contributed by atoms with Crippen molar-refractivity contribution in [2.24, 2.45) is 0 Å². The first kappa shape index (κ1) is 15.0. The summed E-state index contributed by atoms with van der Waals surface area (Å²) in [4.78, 5) is 20.6. The van der Waals surface area contributed by atoms with Crippen LogP contribution in [0.5, 0.6) is 0 Å². The van der Waals surface area contributed by atoms with E-state index in [2.05, 4.69) is 15.3 Å². The summed E-state index contributed by atoms with van der Waals surface area (Å²) in [7, 11) is 0. The fourth-order valence-corrected chi connectivity index (χ4v) is 2.28. The third-order valence-corrected chi connectivity index (χ3v) is 3.66. The van der Waals surface area contributed by atoms with Crippen molar-refractivity contribution in [1.29, 1.82) is 0 Å². The van der Waals surface area contributed by atoms with Crippen LogP contribution in [0.15, 0.2) is 5.16 Å². The molecule has 0 spiro atoms. The van der Waals surface area contributed by atoms with Gasteiger partial charge in [-0.25, -0.2) is 9.97 Å². The van der Waals surface area contributed by atoms with Gasteiger partial charge in [-0.2, -0.15) is 0 Å². The fourth-order valence-electron chi connectivity index (χ4n) is 1.41. The lowest BCUT2D eigenvalue weighted by atomic mass is 10.2. The van der Waals surface area contributed by atoms with Crippen molar-refractivity contribution < 1.29 is 4.79 Å². The highest BCUT2D eigenvalue weighted by atomic mass is 32.2. The Morgan fingerprint density at radius 1 is 1.11 bits per heavy atom. The Labute approximate surface area is 113 Å². The third-order valence-electron chi connectivity index (χ3n) is 2.69. The summed E-state index contributed by atoms with van der Waals surface area (Å²) in [6.45, 7) is 11.7. The Morgan fingerprint density at radius 2 is 1.61 bits per heavy atom. The van der Waals surface area contributed by atoms with Gasteiger partial charge >= 0.3 is 0 Å². The second-order valence-electron chi connectivity index (χ2n) is 4.73. The number of carbonyl (C=O) groups excluding carboxylic acids is 1. The van der Waals surface area contributed by atoms with Crippen molar-refractivity contribution in [3.63, 3.8) is 0 Å². The zero-order valence-electron chi connectivity index (χ0n) is 11.9. The number of carbonyl (C=O) groups is 1. The third kappa shape index (κ3) is 3.98. The molecular weight excluding hydrogens is 246 g/mol. The van der Waals surface area contributed by atoms with E-state index in [0.717, 1.165) is 17.0 Å². The van der Waals surface area contributed by atoms with Crippen molar-refractivity contribution in [3.05, 3.63) is 17.0 Å². The molecule has 0 fully saturated rings. The monoisotopic (exact) mass is 267 g/mol. The van der Waals surface area contributed by atoms with Gasteiger partial charge in [-0.1, -0.05) is 11.8 Å². The van der Waals surface area contributed by atoms with E-state index >= 15 is 0 Å². The van der Waals surface area contributed by atoms with Gasteiger partial charge in [0.05, 0.1) is 5.25 Å². The number of aryl methyl sites for hydroxylation is 2. The molecule has 0 saturated heterocycles. The molecule has 1 heterocycles. The van der Waals surface area contributed by atoms with Gasteiger partial charge in [-0.15, -0.1) is 0 Å². The summed E-state index contributed by atoms with van der Waals surface area (Å²) >= 11 is 1.40. The number of rotatable bonds is 4. The van der Waals surface area contributed by atoms with Crippen LogP contribution in [0, 0.1) is 20.8 Å². The summed E-state index contributed by atoms with van der Waals surface area (Å²) in [6, 6.07) is 0.156. The lowest BCUT2D eigenvalue weighted by Crippen LogP contribution is -2.36. The molecule has 100 valence electrons. The molecule has 5 heteroatoms. The minimum atomic E-state index is -0.186. The van der Waals surface area contributed by atoms with Crippen LogP contribution in [-0.4, -0.2) is 27.2 Å². The highest BCUT2D eigenvalue weighted by Crippen LogP contribution is 2.21. The molecular formula is C13H21N3OS. The molecule has 0 saturated carbocycles. The van der Waals surface area contributed by atoms with E-state index in [4.69, 9.17) is 0 Å². The second-order valence-corrected chi connectivity index (χ2v) is 6.03. The van der Waals surface area contributed by atoms with Crippen LogP contribution in [0.25, 0.3) is 0 Å². The molecule has 1 N–H and O–H groups in total. The highest BCUT2D eigenvalue weighted by Gasteiger charge is 2.17. The normalized spacial score (nSPS) is 12.6. The van der Waals surface area contributed by atoms with Gasteiger partial charge in [-0.05, 0) is 47.1 Å². The van der Waals surface area contributed by atoms with E-state index in [-0.39, 0.29) is 17.2 Å². The summed E-state index contributed by atoms with van der Waals surface area (Å²) in [5.74, 6) is 0.0227. The summed E-state index contributed by atoms with van der Waals surface area (Å²) in [6.07, 6.45) is 0. The van der Waals surface area contributed by atoms with Crippen LogP contribution in [-0.2, 0) is 4.79 Å². The van der Waals surface area contributed by atoms with Gasteiger partial charge in [0.15, 0.2) is 5.16 Å².